The number of nitrogens with one attached hydrogen (secondary N) is 1. The molecule has 0 spiro atoms. The highest BCUT2D eigenvalue weighted by molar-refractivity contribution is 4.64. The Balaban J connectivity index is 3.57. The fourth-order valence-corrected chi connectivity index (χ4v) is 1.95. The summed E-state index contributed by atoms with van der Waals surface area (Å²) in [6, 6.07) is 0. The average Bonchev–Trinajstić information content (AvgIpc) is 2.33. The van der Waals surface area contributed by atoms with Crippen LogP contribution in [0.25, 0.3) is 0 Å². The first-order valence-electron chi connectivity index (χ1n) is 7.21. The Hall–Kier alpha value is -0.0800. The molecule has 16 heavy (non-hydrogen) atoms. The van der Waals surface area contributed by atoms with Crippen LogP contribution < -0.4 is 5.32 Å². The molecule has 0 radical (unpaired) electrons. The molecule has 0 aromatic carbocycles. The molecule has 0 saturated carbocycles. The Bertz CT molecular complexity index is 133. The van der Waals surface area contributed by atoms with E-state index in [-0.39, 0.29) is 0 Å². The number of hydrogen-bond donors (Lipinski definition) is 1. The van der Waals surface area contributed by atoms with Gasteiger partial charge in [0.15, 0.2) is 0 Å². The minimum Gasteiger partial charge on any atom is -0.315 e. The first-order valence-corrected chi connectivity index (χ1v) is 7.21. The van der Waals surface area contributed by atoms with Crippen LogP contribution in [0.1, 0.15) is 53.4 Å². The minimum absolute atomic E-state index is 0.885. The van der Waals surface area contributed by atoms with Crippen molar-refractivity contribution in [1.29, 1.82) is 0 Å². The van der Waals surface area contributed by atoms with E-state index in [0.717, 1.165) is 12.5 Å². The van der Waals surface area contributed by atoms with Crippen LogP contribution in [0.2, 0.25) is 0 Å². The molecule has 0 heterocycles. The average molecular weight is 228 g/mol. The molecule has 0 amide bonds. The Morgan fingerprint density at radius 3 is 2.19 bits per heavy atom. The van der Waals surface area contributed by atoms with Crippen molar-refractivity contribution in [2.45, 2.75) is 53.4 Å². The van der Waals surface area contributed by atoms with Crippen molar-refractivity contribution in [2.75, 3.05) is 32.7 Å². The zero-order chi connectivity index (χ0) is 12.2. The van der Waals surface area contributed by atoms with Gasteiger partial charge in [-0.2, -0.15) is 0 Å². The highest BCUT2D eigenvalue weighted by Gasteiger charge is 2.08. The van der Waals surface area contributed by atoms with Crippen molar-refractivity contribution in [3.05, 3.63) is 0 Å². The topological polar surface area (TPSA) is 15.3 Å². The lowest BCUT2D eigenvalue weighted by Gasteiger charge is -2.25. The molecule has 2 heteroatoms. The SMILES string of the molecule is CCCCNCCN(CC)CC(CC)CC. The van der Waals surface area contributed by atoms with E-state index >= 15 is 0 Å². The van der Waals surface area contributed by atoms with E-state index in [4.69, 9.17) is 0 Å². The van der Waals surface area contributed by atoms with Gasteiger partial charge in [0, 0.05) is 19.6 Å². The molecule has 0 rings (SSSR count). The first kappa shape index (κ1) is 15.9. The summed E-state index contributed by atoms with van der Waals surface area (Å²) in [6.45, 7) is 15.1. The molecule has 0 fully saturated rings. The van der Waals surface area contributed by atoms with Crippen molar-refractivity contribution in [3.63, 3.8) is 0 Å². The van der Waals surface area contributed by atoms with Crippen molar-refractivity contribution in [2.24, 2.45) is 5.92 Å². The Labute approximate surface area is 103 Å². The predicted molar refractivity (Wildman–Crippen MR) is 74.0 cm³/mol. The summed E-state index contributed by atoms with van der Waals surface area (Å²) in [6.07, 6.45) is 5.23. The van der Waals surface area contributed by atoms with Crippen molar-refractivity contribution < 1.29 is 0 Å². The second kappa shape index (κ2) is 11.4. The predicted octanol–water partition coefficient (Wildman–Crippen LogP) is 3.13. The number of hydrogen-bond acceptors (Lipinski definition) is 2. The fraction of sp³-hybridized carbons (Fsp3) is 1.00. The minimum atomic E-state index is 0.885. The van der Waals surface area contributed by atoms with Crippen LogP contribution in [0.4, 0.5) is 0 Å². The summed E-state index contributed by atoms with van der Waals surface area (Å²) in [5, 5.41) is 3.52. The molecular formula is C14H32N2. The van der Waals surface area contributed by atoms with Gasteiger partial charge in [0.25, 0.3) is 0 Å². The number of rotatable bonds is 11. The Kier molecular flexibility index (Phi) is 11.3. The molecule has 0 atom stereocenters. The van der Waals surface area contributed by atoms with E-state index in [1.807, 2.05) is 0 Å². The van der Waals surface area contributed by atoms with Gasteiger partial charge in [-0.15, -0.1) is 0 Å². The summed E-state index contributed by atoms with van der Waals surface area (Å²) < 4.78 is 0. The molecule has 98 valence electrons. The Morgan fingerprint density at radius 2 is 1.69 bits per heavy atom. The van der Waals surface area contributed by atoms with Crippen molar-refractivity contribution in [3.8, 4) is 0 Å². The van der Waals surface area contributed by atoms with E-state index in [1.54, 1.807) is 0 Å². The summed E-state index contributed by atoms with van der Waals surface area (Å²) in [4.78, 5) is 2.58. The van der Waals surface area contributed by atoms with Gasteiger partial charge in [-0.1, -0.05) is 47.0 Å². The van der Waals surface area contributed by atoms with Gasteiger partial charge in [0.2, 0.25) is 0 Å². The van der Waals surface area contributed by atoms with Gasteiger partial charge < -0.3 is 10.2 Å². The molecule has 0 aromatic rings. The van der Waals surface area contributed by atoms with Gasteiger partial charge in [-0.25, -0.2) is 0 Å². The molecule has 0 saturated heterocycles. The molecule has 0 aliphatic carbocycles. The van der Waals surface area contributed by atoms with Gasteiger partial charge in [0.05, 0.1) is 0 Å². The maximum Gasteiger partial charge on any atom is 0.0107 e. The fourth-order valence-electron chi connectivity index (χ4n) is 1.95. The van der Waals surface area contributed by atoms with Crippen molar-refractivity contribution >= 4 is 0 Å². The van der Waals surface area contributed by atoms with E-state index in [1.165, 1.54) is 51.9 Å². The monoisotopic (exact) mass is 228 g/mol. The second-order valence-electron chi connectivity index (χ2n) is 4.68. The number of unbranched alkanes of at least 4 members (excludes halogenated alkanes) is 1. The van der Waals surface area contributed by atoms with Gasteiger partial charge in [0.1, 0.15) is 0 Å². The quantitative estimate of drug-likeness (QED) is 0.547. The molecule has 0 aromatic heterocycles. The standard InChI is InChI=1S/C14H32N2/c1-5-9-10-15-11-12-16(8-4)13-14(6-2)7-3/h14-15H,5-13H2,1-4H3. The molecular weight excluding hydrogens is 196 g/mol. The van der Waals surface area contributed by atoms with Crippen LogP contribution in [0.15, 0.2) is 0 Å². The highest BCUT2D eigenvalue weighted by atomic mass is 15.1. The largest absolute Gasteiger partial charge is 0.315 e. The Morgan fingerprint density at radius 1 is 1.00 bits per heavy atom. The molecule has 2 nitrogen and oxygen atoms in total. The number of nitrogens with zero attached hydrogens (tertiary/aromatic N) is 1. The summed E-state index contributed by atoms with van der Waals surface area (Å²) in [5.74, 6) is 0.885. The molecule has 1 N–H and O–H groups in total. The lowest BCUT2D eigenvalue weighted by molar-refractivity contribution is 0.234. The maximum atomic E-state index is 3.52. The zero-order valence-electron chi connectivity index (χ0n) is 11.9. The van der Waals surface area contributed by atoms with Gasteiger partial charge in [-0.05, 0) is 25.4 Å². The summed E-state index contributed by atoms with van der Waals surface area (Å²) in [7, 11) is 0. The van der Waals surface area contributed by atoms with Crippen LogP contribution in [-0.2, 0) is 0 Å². The number of likely N-dealkylation sites (N-methyl/N-ethyl adjacent to an activating group) is 1. The normalized spacial score (nSPS) is 11.6. The van der Waals surface area contributed by atoms with Gasteiger partial charge in [-0.3, -0.25) is 0 Å². The zero-order valence-corrected chi connectivity index (χ0v) is 11.9. The molecule has 0 aliphatic heterocycles. The molecule has 0 bridgehead atoms. The van der Waals surface area contributed by atoms with Crippen LogP contribution in [0.5, 0.6) is 0 Å². The third kappa shape index (κ3) is 8.12. The first-order chi connectivity index (χ1) is 7.78. The highest BCUT2D eigenvalue weighted by Crippen LogP contribution is 2.09. The van der Waals surface area contributed by atoms with Crippen LogP contribution >= 0.6 is 0 Å². The van der Waals surface area contributed by atoms with Crippen molar-refractivity contribution in [1.82, 2.24) is 10.2 Å². The van der Waals surface area contributed by atoms with E-state index in [9.17, 15) is 0 Å². The second-order valence-corrected chi connectivity index (χ2v) is 4.68. The molecule has 0 unspecified atom stereocenters. The maximum absolute atomic E-state index is 3.52. The lowest BCUT2D eigenvalue weighted by Crippen LogP contribution is -2.35. The third-order valence-electron chi connectivity index (χ3n) is 3.43. The molecule has 0 aliphatic rings. The van der Waals surface area contributed by atoms with Crippen LogP contribution in [-0.4, -0.2) is 37.6 Å². The third-order valence-corrected chi connectivity index (χ3v) is 3.43. The lowest BCUT2D eigenvalue weighted by atomic mass is 10.0. The van der Waals surface area contributed by atoms with Crippen LogP contribution in [0, 0.1) is 5.92 Å². The summed E-state index contributed by atoms with van der Waals surface area (Å²) in [5.41, 5.74) is 0. The van der Waals surface area contributed by atoms with E-state index in [2.05, 4.69) is 37.9 Å². The van der Waals surface area contributed by atoms with Crippen LogP contribution in [0.3, 0.4) is 0 Å². The van der Waals surface area contributed by atoms with E-state index in [0.29, 0.717) is 0 Å². The smallest absolute Gasteiger partial charge is 0.0107 e. The summed E-state index contributed by atoms with van der Waals surface area (Å²) >= 11 is 0. The van der Waals surface area contributed by atoms with E-state index < -0.39 is 0 Å². The van der Waals surface area contributed by atoms with Gasteiger partial charge >= 0.3 is 0 Å².